The summed E-state index contributed by atoms with van der Waals surface area (Å²) < 4.78 is 33.9. The van der Waals surface area contributed by atoms with Gasteiger partial charge in [-0.3, -0.25) is 0 Å². The summed E-state index contributed by atoms with van der Waals surface area (Å²) in [5.74, 6) is 1.60. The van der Waals surface area contributed by atoms with E-state index in [2.05, 4.69) is 0 Å². The van der Waals surface area contributed by atoms with Gasteiger partial charge in [-0.15, -0.1) is 0 Å². The predicted molar refractivity (Wildman–Crippen MR) is 103 cm³/mol. The zero-order valence-corrected chi connectivity index (χ0v) is 17.0. The molecule has 0 fully saturated rings. The minimum atomic E-state index is -0.496. The first kappa shape index (κ1) is 22.5. The number of rotatable bonds is 12. The molecule has 1 rings (SSSR count). The zero-order chi connectivity index (χ0) is 20.2. The van der Waals surface area contributed by atoms with E-state index >= 15 is 0 Å². The topological polar surface area (TPSA) is 72.5 Å². The number of esters is 1. The van der Waals surface area contributed by atoms with E-state index < -0.39 is 5.97 Å². The third-order valence-electron chi connectivity index (χ3n) is 3.34. The Hall–Kier alpha value is -2.57. The first-order valence-electron chi connectivity index (χ1n) is 9.23. The maximum absolute atomic E-state index is 11.6. The molecule has 0 heterocycles. The van der Waals surface area contributed by atoms with Gasteiger partial charge in [-0.1, -0.05) is 0 Å². The van der Waals surface area contributed by atoms with Crippen molar-refractivity contribution in [3.8, 4) is 28.7 Å². The molecule has 0 amide bonds. The molecule has 0 saturated heterocycles. The molecule has 0 aliphatic carbocycles. The van der Waals surface area contributed by atoms with Gasteiger partial charge in [0.25, 0.3) is 0 Å². The second-order valence-electron chi connectivity index (χ2n) is 5.08. The van der Waals surface area contributed by atoms with Crippen LogP contribution >= 0.6 is 0 Å². The molecule has 0 saturated carbocycles. The average molecular weight is 382 g/mol. The quantitative estimate of drug-likeness (QED) is 0.401. The van der Waals surface area contributed by atoms with Gasteiger partial charge in [0.2, 0.25) is 17.2 Å². The summed E-state index contributed by atoms with van der Waals surface area (Å²) in [5, 5.41) is 0. The smallest absolute Gasteiger partial charge is 0.330 e. The lowest BCUT2D eigenvalue weighted by Crippen LogP contribution is -2.09. The number of methoxy groups -OCH3 is 1. The van der Waals surface area contributed by atoms with Crippen molar-refractivity contribution >= 4 is 12.0 Å². The van der Waals surface area contributed by atoms with E-state index in [4.69, 9.17) is 28.4 Å². The van der Waals surface area contributed by atoms with Crippen LogP contribution in [0.3, 0.4) is 0 Å². The lowest BCUT2D eigenvalue weighted by atomic mass is 10.1. The molecule has 0 atom stereocenters. The normalized spacial score (nSPS) is 10.6. The predicted octanol–water partition coefficient (Wildman–Crippen LogP) is 3.87. The van der Waals surface area contributed by atoms with Gasteiger partial charge >= 0.3 is 5.97 Å². The van der Waals surface area contributed by atoms with Gasteiger partial charge in [0.05, 0.1) is 45.7 Å². The highest BCUT2D eigenvalue weighted by Gasteiger charge is 2.29. The van der Waals surface area contributed by atoms with Gasteiger partial charge in [-0.05, 0) is 40.7 Å². The molecule has 152 valence electrons. The molecule has 0 bridgehead atoms. The van der Waals surface area contributed by atoms with Gasteiger partial charge in [-0.2, -0.15) is 0 Å². The van der Waals surface area contributed by atoms with Crippen molar-refractivity contribution in [3.63, 3.8) is 0 Å². The van der Waals surface area contributed by atoms with Crippen LogP contribution in [0.25, 0.3) is 6.08 Å². The molecule has 0 radical (unpaired) electrons. The molecular formula is C20H30O7. The lowest BCUT2D eigenvalue weighted by molar-refractivity contribution is -0.134. The van der Waals surface area contributed by atoms with E-state index in [1.807, 2.05) is 34.6 Å². The van der Waals surface area contributed by atoms with Gasteiger partial charge < -0.3 is 28.4 Å². The van der Waals surface area contributed by atoms with Crippen molar-refractivity contribution in [1.29, 1.82) is 0 Å². The minimum absolute atomic E-state index is 0.393. The van der Waals surface area contributed by atoms with Crippen LogP contribution in [0.4, 0.5) is 0 Å². The molecule has 1 aromatic rings. The number of hydrogen-bond acceptors (Lipinski definition) is 7. The van der Waals surface area contributed by atoms with E-state index in [9.17, 15) is 4.79 Å². The first-order chi connectivity index (χ1) is 13.1. The fourth-order valence-electron chi connectivity index (χ4n) is 2.43. The molecular weight excluding hydrogens is 352 g/mol. The van der Waals surface area contributed by atoms with E-state index in [0.29, 0.717) is 67.3 Å². The van der Waals surface area contributed by atoms with Crippen molar-refractivity contribution in [2.24, 2.45) is 0 Å². The van der Waals surface area contributed by atoms with Crippen molar-refractivity contribution < 1.29 is 33.2 Å². The highest BCUT2D eigenvalue weighted by Crippen LogP contribution is 2.54. The Kier molecular flexibility index (Phi) is 9.93. The third-order valence-corrected chi connectivity index (χ3v) is 3.34. The fraction of sp³-hybridized carbons (Fsp3) is 0.550. The van der Waals surface area contributed by atoms with Crippen molar-refractivity contribution in [1.82, 2.24) is 0 Å². The summed E-state index contributed by atoms with van der Waals surface area (Å²) in [6, 6.07) is 0. The number of hydrogen-bond donors (Lipinski definition) is 0. The molecule has 0 aliphatic heterocycles. The van der Waals surface area contributed by atoms with Crippen LogP contribution in [0.2, 0.25) is 0 Å². The Bertz CT molecular complexity index is 601. The van der Waals surface area contributed by atoms with Crippen LogP contribution in [0.15, 0.2) is 6.08 Å². The zero-order valence-electron chi connectivity index (χ0n) is 17.0. The molecule has 0 aliphatic rings. The molecule has 0 spiro atoms. The largest absolute Gasteiger partial charge is 0.489 e. The fourth-order valence-corrected chi connectivity index (χ4v) is 2.43. The number of benzene rings is 1. The van der Waals surface area contributed by atoms with Gasteiger partial charge in [-0.25, -0.2) is 4.79 Å². The van der Waals surface area contributed by atoms with Crippen molar-refractivity contribution in [2.45, 2.75) is 34.6 Å². The third kappa shape index (κ3) is 5.70. The highest BCUT2D eigenvalue weighted by atomic mass is 16.6. The summed E-state index contributed by atoms with van der Waals surface area (Å²) in [6.45, 7) is 11.3. The minimum Gasteiger partial charge on any atom is -0.489 e. The molecule has 7 heteroatoms. The first-order valence-corrected chi connectivity index (χ1v) is 9.23. The lowest BCUT2D eigenvalue weighted by Gasteiger charge is -2.23. The highest BCUT2D eigenvalue weighted by molar-refractivity contribution is 5.90. The standard InChI is InChI=1S/C20H30O7/c1-7-23-16-14(12-13-15(21)22-6)17(24-8-2)19(26-10-4)20(27-11-5)18(16)25-9-3/h12-13H,7-11H2,1-6H3. The number of carbonyl (C=O) groups is 1. The Morgan fingerprint density at radius 3 is 1.33 bits per heavy atom. The van der Waals surface area contributed by atoms with Crippen molar-refractivity contribution in [2.75, 3.05) is 40.1 Å². The summed E-state index contributed by atoms with van der Waals surface area (Å²) in [4.78, 5) is 11.6. The summed E-state index contributed by atoms with van der Waals surface area (Å²) in [7, 11) is 1.31. The molecule has 0 N–H and O–H groups in total. The Balaban J connectivity index is 3.85. The second-order valence-corrected chi connectivity index (χ2v) is 5.08. The SMILES string of the molecule is CCOc1c(C=CC(=O)OC)c(OCC)c(OCC)c(OCC)c1OCC. The van der Waals surface area contributed by atoms with Crippen LogP contribution in [0.5, 0.6) is 28.7 Å². The van der Waals surface area contributed by atoms with Gasteiger partial charge in [0.15, 0.2) is 11.5 Å². The molecule has 0 unspecified atom stereocenters. The Morgan fingerprint density at radius 2 is 1.00 bits per heavy atom. The number of ether oxygens (including phenoxy) is 6. The van der Waals surface area contributed by atoms with Crippen LogP contribution in [0, 0.1) is 0 Å². The van der Waals surface area contributed by atoms with Gasteiger partial charge in [0, 0.05) is 6.08 Å². The van der Waals surface area contributed by atoms with Gasteiger partial charge in [0.1, 0.15) is 0 Å². The number of carbonyl (C=O) groups excluding carboxylic acids is 1. The summed E-state index contributed by atoms with van der Waals surface area (Å²) >= 11 is 0. The molecule has 7 nitrogen and oxygen atoms in total. The monoisotopic (exact) mass is 382 g/mol. The average Bonchev–Trinajstić information content (AvgIpc) is 2.66. The van der Waals surface area contributed by atoms with Crippen LogP contribution in [-0.2, 0) is 9.53 Å². The Morgan fingerprint density at radius 1 is 0.667 bits per heavy atom. The van der Waals surface area contributed by atoms with Crippen LogP contribution < -0.4 is 23.7 Å². The van der Waals surface area contributed by atoms with E-state index in [-0.39, 0.29) is 0 Å². The Labute approximate surface area is 161 Å². The van der Waals surface area contributed by atoms with Crippen LogP contribution in [-0.4, -0.2) is 46.1 Å². The van der Waals surface area contributed by atoms with E-state index in [1.54, 1.807) is 6.08 Å². The van der Waals surface area contributed by atoms with Crippen LogP contribution in [0.1, 0.15) is 40.2 Å². The molecule has 0 aromatic heterocycles. The van der Waals surface area contributed by atoms with E-state index in [1.165, 1.54) is 13.2 Å². The molecule has 27 heavy (non-hydrogen) atoms. The maximum Gasteiger partial charge on any atom is 0.330 e. The maximum atomic E-state index is 11.6. The molecule has 1 aromatic carbocycles. The summed E-state index contributed by atoms with van der Waals surface area (Å²) in [6.07, 6.45) is 2.87. The van der Waals surface area contributed by atoms with Crippen molar-refractivity contribution in [3.05, 3.63) is 11.6 Å². The summed E-state index contributed by atoms with van der Waals surface area (Å²) in [5.41, 5.74) is 0.527. The second kappa shape index (κ2) is 11.9. The van der Waals surface area contributed by atoms with E-state index in [0.717, 1.165) is 0 Å².